The van der Waals surface area contributed by atoms with E-state index in [1.54, 1.807) is 12.3 Å². The van der Waals surface area contributed by atoms with Crippen LogP contribution in [0.1, 0.15) is 21.6 Å². The Hall–Kier alpha value is -2.46. The van der Waals surface area contributed by atoms with E-state index in [2.05, 4.69) is 16.9 Å². The molecule has 1 aliphatic rings. The highest BCUT2D eigenvalue weighted by atomic mass is 16.2. The number of rotatable bonds is 3. The summed E-state index contributed by atoms with van der Waals surface area (Å²) in [5.41, 5.74) is 2.62. The summed E-state index contributed by atoms with van der Waals surface area (Å²) in [7, 11) is 2.08. The molecular weight excluding hydrogens is 286 g/mol. The Labute approximate surface area is 137 Å². The summed E-state index contributed by atoms with van der Waals surface area (Å²) in [6.07, 6.45) is 5.65. The van der Waals surface area contributed by atoms with Gasteiger partial charge < -0.3 is 9.80 Å². The van der Waals surface area contributed by atoms with Gasteiger partial charge in [-0.1, -0.05) is 36.4 Å². The van der Waals surface area contributed by atoms with Crippen LogP contribution in [0.15, 0.2) is 48.7 Å². The van der Waals surface area contributed by atoms with Crippen molar-refractivity contribution in [3.63, 3.8) is 0 Å². The first-order chi connectivity index (χ1) is 11.2. The second-order valence-electron chi connectivity index (χ2n) is 5.81. The number of carbonyl (C=O) groups excluding carboxylic acids is 1. The predicted molar refractivity (Wildman–Crippen MR) is 93.0 cm³/mol. The molecule has 0 radical (unpaired) electrons. The molecule has 1 fully saturated rings. The third-order valence-electron chi connectivity index (χ3n) is 4.06. The Kier molecular flexibility index (Phi) is 4.83. The lowest BCUT2D eigenvalue weighted by atomic mass is 10.1. The molecular formula is C19H21N3O. The molecule has 4 nitrogen and oxygen atoms in total. The lowest BCUT2D eigenvalue weighted by molar-refractivity contribution is 0.0664. The summed E-state index contributed by atoms with van der Waals surface area (Å²) in [6.45, 7) is 3.43. The average molecular weight is 307 g/mol. The van der Waals surface area contributed by atoms with E-state index < -0.39 is 0 Å². The van der Waals surface area contributed by atoms with Crippen molar-refractivity contribution in [2.24, 2.45) is 0 Å². The zero-order valence-corrected chi connectivity index (χ0v) is 13.4. The Bertz CT molecular complexity index is 689. The smallest absolute Gasteiger partial charge is 0.254 e. The second kappa shape index (κ2) is 7.20. The monoisotopic (exact) mass is 307 g/mol. The fourth-order valence-electron chi connectivity index (χ4n) is 2.61. The van der Waals surface area contributed by atoms with Gasteiger partial charge in [0, 0.05) is 37.9 Å². The third kappa shape index (κ3) is 4.05. The van der Waals surface area contributed by atoms with Crippen LogP contribution < -0.4 is 0 Å². The summed E-state index contributed by atoms with van der Waals surface area (Å²) < 4.78 is 0. The first kappa shape index (κ1) is 15.4. The molecule has 0 atom stereocenters. The minimum absolute atomic E-state index is 0.0925. The van der Waals surface area contributed by atoms with Gasteiger partial charge in [0.2, 0.25) is 0 Å². The summed E-state index contributed by atoms with van der Waals surface area (Å²) >= 11 is 0. The Morgan fingerprint density at radius 3 is 2.52 bits per heavy atom. The molecule has 4 heteroatoms. The zero-order chi connectivity index (χ0) is 16.1. The zero-order valence-electron chi connectivity index (χ0n) is 13.4. The molecule has 0 spiro atoms. The largest absolute Gasteiger partial charge is 0.336 e. The van der Waals surface area contributed by atoms with Gasteiger partial charge in [0.25, 0.3) is 5.91 Å². The van der Waals surface area contributed by atoms with E-state index in [1.165, 1.54) is 0 Å². The molecule has 0 aliphatic carbocycles. The van der Waals surface area contributed by atoms with Gasteiger partial charge in [-0.3, -0.25) is 9.78 Å². The van der Waals surface area contributed by atoms with Crippen molar-refractivity contribution >= 4 is 18.1 Å². The number of piperazine rings is 1. The number of pyridine rings is 1. The molecule has 0 saturated carbocycles. The minimum atomic E-state index is 0.0925. The number of nitrogens with zero attached hydrogens (tertiary/aromatic N) is 3. The van der Waals surface area contributed by atoms with Crippen molar-refractivity contribution in [1.29, 1.82) is 0 Å². The molecule has 1 aliphatic heterocycles. The van der Waals surface area contributed by atoms with Crippen LogP contribution in [-0.2, 0) is 0 Å². The van der Waals surface area contributed by atoms with Crippen LogP contribution in [0.25, 0.3) is 12.2 Å². The minimum Gasteiger partial charge on any atom is -0.336 e. The second-order valence-corrected chi connectivity index (χ2v) is 5.81. The topological polar surface area (TPSA) is 36.4 Å². The van der Waals surface area contributed by atoms with Crippen molar-refractivity contribution < 1.29 is 4.79 Å². The number of hydrogen-bond acceptors (Lipinski definition) is 3. The molecule has 23 heavy (non-hydrogen) atoms. The molecule has 0 bridgehead atoms. The van der Waals surface area contributed by atoms with Crippen molar-refractivity contribution in [1.82, 2.24) is 14.8 Å². The van der Waals surface area contributed by atoms with Crippen LogP contribution in [-0.4, -0.2) is 53.9 Å². The van der Waals surface area contributed by atoms with Crippen molar-refractivity contribution in [2.45, 2.75) is 0 Å². The van der Waals surface area contributed by atoms with E-state index in [9.17, 15) is 4.79 Å². The van der Waals surface area contributed by atoms with E-state index in [0.717, 1.165) is 37.4 Å². The van der Waals surface area contributed by atoms with Crippen LogP contribution in [0.5, 0.6) is 0 Å². The van der Waals surface area contributed by atoms with Crippen molar-refractivity contribution in [2.75, 3.05) is 33.2 Å². The van der Waals surface area contributed by atoms with E-state index in [-0.39, 0.29) is 5.91 Å². The number of likely N-dealkylation sites (N-methyl/N-ethyl adjacent to an activating group) is 1. The molecule has 1 aromatic carbocycles. The first-order valence-electron chi connectivity index (χ1n) is 7.89. The molecule has 0 N–H and O–H groups in total. The summed E-state index contributed by atoms with van der Waals surface area (Å²) in [6, 6.07) is 13.7. The average Bonchev–Trinajstić information content (AvgIpc) is 2.61. The van der Waals surface area contributed by atoms with Gasteiger partial charge in [0.1, 0.15) is 0 Å². The van der Waals surface area contributed by atoms with Crippen LogP contribution in [0.3, 0.4) is 0 Å². The quantitative estimate of drug-likeness (QED) is 0.874. The molecule has 1 amide bonds. The Morgan fingerprint density at radius 1 is 1.04 bits per heavy atom. The van der Waals surface area contributed by atoms with Crippen LogP contribution in [0, 0.1) is 0 Å². The molecule has 0 unspecified atom stereocenters. The van der Waals surface area contributed by atoms with Crippen LogP contribution >= 0.6 is 0 Å². The summed E-state index contributed by atoms with van der Waals surface area (Å²) in [4.78, 5) is 21.1. The fraction of sp³-hybridized carbons (Fsp3) is 0.263. The number of benzene rings is 1. The Balaban J connectivity index is 1.72. The lowest BCUT2D eigenvalue weighted by Gasteiger charge is -2.32. The van der Waals surface area contributed by atoms with Crippen molar-refractivity contribution in [3.8, 4) is 0 Å². The SMILES string of the molecule is CN1CCN(C(=O)c2ccnc(/C=C/c3ccccc3)c2)CC1. The first-order valence-corrected chi connectivity index (χ1v) is 7.89. The van der Waals surface area contributed by atoms with Crippen LogP contribution in [0.2, 0.25) is 0 Å². The molecule has 1 saturated heterocycles. The highest BCUT2D eigenvalue weighted by Crippen LogP contribution is 2.11. The maximum absolute atomic E-state index is 12.6. The molecule has 2 heterocycles. The van der Waals surface area contributed by atoms with Gasteiger partial charge in [0.15, 0.2) is 0 Å². The number of amides is 1. The Morgan fingerprint density at radius 2 is 1.78 bits per heavy atom. The van der Waals surface area contributed by atoms with E-state index >= 15 is 0 Å². The summed E-state index contributed by atoms with van der Waals surface area (Å²) in [5.74, 6) is 0.0925. The van der Waals surface area contributed by atoms with Gasteiger partial charge in [0.05, 0.1) is 5.69 Å². The van der Waals surface area contributed by atoms with Gasteiger partial charge in [-0.25, -0.2) is 0 Å². The normalized spacial score (nSPS) is 16.0. The van der Waals surface area contributed by atoms with Crippen molar-refractivity contribution in [3.05, 3.63) is 65.5 Å². The number of carbonyl (C=O) groups is 1. The van der Waals surface area contributed by atoms with Gasteiger partial charge in [-0.2, -0.15) is 0 Å². The van der Waals surface area contributed by atoms with Gasteiger partial charge in [-0.05, 0) is 30.8 Å². The highest BCUT2D eigenvalue weighted by Gasteiger charge is 2.20. The molecule has 1 aromatic heterocycles. The van der Waals surface area contributed by atoms with Gasteiger partial charge in [-0.15, -0.1) is 0 Å². The summed E-state index contributed by atoms with van der Waals surface area (Å²) in [5, 5.41) is 0. The highest BCUT2D eigenvalue weighted by molar-refractivity contribution is 5.94. The molecule has 3 rings (SSSR count). The lowest BCUT2D eigenvalue weighted by Crippen LogP contribution is -2.47. The van der Waals surface area contributed by atoms with E-state index in [4.69, 9.17) is 0 Å². The maximum Gasteiger partial charge on any atom is 0.254 e. The van der Waals surface area contributed by atoms with Gasteiger partial charge >= 0.3 is 0 Å². The van der Waals surface area contributed by atoms with Crippen LogP contribution in [0.4, 0.5) is 0 Å². The fourth-order valence-corrected chi connectivity index (χ4v) is 2.61. The maximum atomic E-state index is 12.6. The molecule has 118 valence electrons. The number of aromatic nitrogens is 1. The van der Waals surface area contributed by atoms with E-state index in [0.29, 0.717) is 5.56 Å². The third-order valence-corrected chi connectivity index (χ3v) is 4.06. The van der Waals surface area contributed by atoms with E-state index in [1.807, 2.05) is 53.5 Å². The standard InChI is InChI=1S/C19H21N3O/c1-21-11-13-22(14-12-21)19(23)17-9-10-20-18(15-17)8-7-16-5-3-2-4-6-16/h2-10,15H,11-14H2,1H3/b8-7+. The predicted octanol–water partition coefficient (Wildman–Crippen LogP) is 2.64. The number of hydrogen-bond donors (Lipinski definition) is 0. The molecule has 2 aromatic rings.